The first-order valence-corrected chi connectivity index (χ1v) is 12.4. The summed E-state index contributed by atoms with van der Waals surface area (Å²) < 4.78 is 51.6. The highest BCUT2D eigenvalue weighted by molar-refractivity contribution is 7.92. The molecule has 0 N–H and O–H groups in total. The van der Waals surface area contributed by atoms with E-state index in [1.807, 2.05) is 6.07 Å². The molecular weight excluding hydrogens is 386 g/mol. The first-order chi connectivity index (χ1) is 12.7. The fourth-order valence-corrected chi connectivity index (χ4v) is 6.92. The van der Waals surface area contributed by atoms with Crippen LogP contribution in [0.2, 0.25) is 0 Å². The van der Waals surface area contributed by atoms with Gasteiger partial charge in [0, 0.05) is 12.6 Å². The predicted molar refractivity (Wildman–Crippen MR) is 105 cm³/mol. The monoisotopic (exact) mass is 413 g/mol. The quantitative estimate of drug-likeness (QED) is 0.608. The second kappa shape index (κ2) is 9.15. The van der Waals surface area contributed by atoms with Crippen molar-refractivity contribution in [2.24, 2.45) is 0 Å². The molecule has 1 atom stereocenters. The molecule has 0 amide bonds. The number of benzene rings is 1. The molecule has 0 spiro atoms. The van der Waals surface area contributed by atoms with E-state index in [2.05, 4.69) is 18.7 Å². The highest BCUT2D eigenvalue weighted by Crippen LogP contribution is 2.26. The number of hydrogen-bond acceptors (Lipinski definition) is 6. The predicted octanol–water partition coefficient (Wildman–Crippen LogP) is 1.47. The Bertz CT molecular complexity index is 887. The van der Waals surface area contributed by atoms with Gasteiger partial charge in [-0.3, -0.25) is 0 Å². The van der Waals surface area contributed by atoms with Gasteiger partial charge in [-0.15, -0.1) is 0 Å². The minimum absolute atomic E-state index is 0.0119. The second-order valence-corrected chi connectivity index (χ2v) is 10.8. The molecule has 0 bridgehead atoms. The van der Waals surface area contributed by atoms with Crippen LogP contribution in [0.25, 0.3) is 0 Å². The molecule has 0 radical (unpaired) electrons. The Morgan fingerprint density at radius 3 is 2.48 bits per heavy atom. The van der Waals surface area contributed by atoms with E-state index in [-0.39, 0.29) is 28.5 Å². The van der Waals surface area contributed by atoms with E-state index in [0.717, 1.165) is 19.6 Å². The molecule has 0 aromatic heterocycles. The normalized spacial score (nSPS) is 19.4. The fourth-order valence-electron chi connectivity index (χ4n) is 3.35. The summed E-state index contributed by atoms with van der Waals surface area (Å²) in [6, 6.07) is 7.27. The van der Waals surface area contributed by atoms with Crippen molar-refractivity contribution in [3.63, 3.8) is 0 Å². The summed E-state index contributed by atoms with van der Waals surface area (Å²) in [6.07, 6.45) is 0.931. The van der Waals surface area contributed by atoms with Gasteiger partial charge in [0.05, 0.1) is 28.0 Å². The lowest BCUT2D eigenvalue weighted by atomic mass is 10.2. The number of nitrogens with zero attached hydrogens (tertiary/aromatic N) is 3. The van der Waals surface area contributed by atoms with Crippen LogP contribution in [0.1, 0.15) is 32.3 Å². The Balaban J connectivity index is 2.29. The van der Waals surface area contributed by atoms with E-state index in [4.69, 9.17) is 5.26 Å². The van der Waals surface area contributed by atoms with Crippen LogP contribution < -0.4 is 0 Å². The molecule has 1 fully saturated rings. The lowest BCUT2D eigenvalue weighted by Gasteiger charge is -2.28. The van der Waals surface area contributed by atoms with E-state index < -0.39 is 25.9 Å². The van der Waals surface area contributed by atoms with E-state index in [1.165, 1.54) is 22.5 Å². The Labute approximate surface area is 162 Å². The third-order valence-electron chi connectivity index (χ3n) is 4.93. The molecule has 0 saturated carbocycles. The molecule has 1 saturated heterocycles. The van der Waals surface area contributed by atoms with Crippen molar-refractivity contribution in [3.05, 3.63) is 29.8 Å². The number of sulfonamides is 1. The lowest BCUT2D eigenvalue weighted by molar-refractivity contribution is 0.269. The molecule has 1 aliphatic heterocycles. The molecule has 1 aromatic carbocycles. The van der Waals surface area contributed by atoms with Crippen LogP contribution in [-0.4, -0.2) is 69.8 Å². The van der Waals surface area contributed by atoms with Crippen molar-refractivity contribution in [1.82, 2.24) is 9.21 Å². The Morgan fingerprint density at radius 2 is 1.93 bits per heavy atom. The highest BCUT2D eigenvalue weighted by atomic mass is 32.2. The van der Waals surface area contributed by atoms with Gasteiger partial charge in [-0.2, -0.15) is 9.57 Å². The van der Waals surface area contributed by atoms with E-state index in [1.54, 1.807) is 6.07 Å². The zero-order valence-corrected chi connectivity index (χ0v) is 17.5. The summed E-state index contributed by atoms with van der Waals surface area (Å²) in [5, 5.41) is 9.06. The maximum atomic E-state index is 13.2. The fraction of sp³-hybridized carbons (Fsp3) is 0.611. The summed E-state index contributed by atoms with van der Waals surface area (Å²) in [5.74, 6) is -0.132. The van der Waals surface area contributed by atoms with E-state index in [0.29, 0.717) is 12.8 Å². The third-order valence-corrected chi connectivity index (χ3v) is 8.63. The van der Waals surface area contributed by atoms with Gasteiger partial charge in [-0.1, -0.05) is 19.9 Å². The Morgan fingerprint density at radius 1 is 1.22 bits per heavy atom. The minimum Gasteiger partial charge on any atom is -0.304 e. The van der Waals surface area contributed by atoms with Gasteiger partial charge in [0.2, 0.25) is 10.0 Å². The first-order valence-electron chi connectivity index (χ1n) is 9.18. The highest BCUT2D eigenvalue weighted by Gasteiger charge is 2.38. The van der Waals surface area contributed by atoms with Crippen LogP contribution in [-0.2, 0) is 19.9 Å². The topological polar surface area (TPSA) is 98.6 Å². The van der Waals surface area contributed by atoms with Crippen LogP contribution in [0.5, 0.6) is 0 Å². The van der Waals surface area contributed by atoms with Crippen LogP contribution in [0, 0.1) is 11.3 Å². The molecular formula is C18H27N3O4S2. The van der Waals surface area contributed by atoms with E-state index >= 15 is 0 Å². The second-order valence-electron chi connectivity index (χ2n) is 6.69. The molecule has 7 nitrogen and oxygen atoms in total. The average molecular weight is 414 g/mol. The van der Waals surface area contributed by atoms with Crippen molar-refractivity contribution >= 4 is 19.9 Å². The standard InChI is InChI=1S/C18H27N3O4S2/c1-3-20(4-2)10-6-11-21(17-9-12-26(22,23)15-17)27(24,25)18-8-5-7-16(13-18)14-19/h5,7-8,13,17H,3-4,6,9-12,15H2,1-2H3/t17-/m0/s1. The molecule has 0 unspecified atom stereocenters. The van der Waals surface area contributed by atoms with Gasteiger partial charge in [-0.25, -0.2) is 16.8 Å². The van der Waals surface area contributed by atoms with Crippen molar-refractivity contribution in [1.29, 1.82) is 5.26 Å². The van der Waals surface area contributed by atoms with Gasteiger partial charge in [0.1, 0.15) is 0 Å². The molecule has 2 rings (SSSR count). The Hall–Kier alpha value is -1.47. The van der Waals surface area contributed by atoms with Crippen molar-refractivity contribution in [2.75, 3.05) is 37.7 Å². The summed E-state index contributed by atoms with van der Waals surface area (Å²) in [7, 11) is -7.09. The zero-order valence-electron chi connectivity index (χ0n) is 15.8. The third kappa shape index (κ3) is 5.51. The lowest BCUT2D eigenvalue weighted by Crippen LogP contribution is -2.42. The summed E-state index contributed by atoms with van der Waals surface area (Å²) >= 11 is 0. The smallest absolute Gasteiger partial charge is 0.243 e. The van der Waals surface area contributed by atoms with Crippen LogP contribution in [0.15, 0.2) is 29.2 Å². The summed E-state index contributed by atoms with van der Waals surface area (Å²) in [4.78, 5) is 2.24. The van der Waals surface area contributed by atoms with Crippen LogP contribution >= 0.6 is 0 Å². The Kier molecular flexibility index (Phi) is 7.40. The van der Waals surface area contributed by atoms with Crippen LogP contribution in [0.4, 0.5) is 0 Å². The maximum Gasteiger partial charge on any atom is 0.243 e. The molecule has 9 heteroatoms. The molecule has 1 aromatic rings. The summed E-state index contributed by atoms with van der Waals surface area (Å²) in [6.45, 7) is 6.87. The number of rotatable bonds is 9. The zero-order chi connectivity index (χ0) is 20.1. The molecule has 1 aliphatic rings. The van der Waals surface area contributed by atoms with Crippen LogP contribution in [0.3, 0.4) is 0 Å². The van der Waals surface area contributed by atoms with Gasteiger partial charge in [-0.05, 0) is 50.7 Å². The molecule has 0 aliphatic carbocycles. The number of hydrogen-bond donors (Lipinski definition) is 0. The molecule has 1 heterocycles. The van der Waals surface area contributed by atoms with Gasteiger partial charge in [0.25, 0.3) is 0 Å². The summed E-state index contributed by atoms with van der Waals surface area (Å²) in [5.41, 5.74) is 0.262. The number of sulfone groups is 1. The van der Waals surface area contributed by atoms with Gasteiger partial charge >= 0.3 is 0 Å². The van der Waals surface area contributed by atoms with Crippen molar-refractivity contribution in [3.8, 4) is 6.07 Å². The average Bonchev–Trinajstić information content (AvgIpc) is 3.01. The SMILES string of the molecule is CCN(CC)CCCN([C@H]1CCS(=O)(=O)C1)S(=O)(=O)c1cccc(C#N)c1. The van der Waals surface area contributed by atoms with Crippen molar-refractivity contribution in [2.45, 2.75) is 37.6 Å². The van der Waals surface area contributed by atoms with E-state index in [9.17, 15) is 16.8 Å². The number of nitriles is 1. The molecule has 150 valence electrons. The molecule has 27 heavy (non-hydrogen) atoms. The van der Waals surface area contributed by atoms with Gasteiger partial charge < -0.3 is 4.90 Å². The van der Waals surface area contributed by atoms with Gasteiger partial charge in [0.15, 0.2) is 9.84 Å². The first kappa shape index (κ1) is 21.8. The minimum atomic E-state index is -3.88. The maximum absolute atomic E-state index is 13.2. The van der Waals surface area contributed by atoms with Crippen molar-refractivity contribution < 1.29 is 16.8 Å². The largest absolute Gasteiger partial charge is 0.304 e.